The van der Waals surface area contributed by atoms with Crippen molar-refractivity contribution in [3.63, 3.8) is 0 Å². The smallest absolute Gasteiger partial charge is 0.332 e. The lowest BCUT2D eigenvalue weighted by Gasteiger charge is -2.38. The van der Waals surface area contributed by atoms with Crippen molar-refractivity contribution in [3.05, 3.63) is 23.3 Å². The molecule has 0 aromatic rings. The maximum Gasteiger partial charge on any atom is 0.332 e. The van der Waals surface area contributed by atoms with Crippen molar-refractivity contribution in [1.29, 1.82) is 0 Å². The summed E-state index contributed by atoms with van der Waals surface area (Å²) >= 11 is 0. The first kappa shape index (κ1) is 10.8. The van der Waals surface area contributed by atoms with Gasteiger partial charge in [0, 0.05) is 24.1 Å². The Morgan fingerprint density at radius 2 is 2.39 bits per heavy atom. The van der Waals surface area contributed by atoms with E-state index in [9.17, 15) is 4.79 Å². The van der Waals surface area contributed by atoms with Crippen LogP contribution in [-0.4, -0.2) is 35.1 Å². The van der Waals surface area contributed by atoms with Gasteiger partial charge in [-0.25, -0.2) is 4.79 Å². The summed E-state index contributed by atoms with van der Waals surface area (Å²) in [6.07, 6.45) is 9.85. The second-order valence-corrected chi connectivity index (χ2v) is 5.93. The van der Waals surface area contributed by atoms with E-state index in [0.29, 0.717) is 12.1 Å². The molecule has 2 bridgehead atoms. The van der Waals surface area contributed by atoms with Crippen molar-refractivity contribution in [3.8, 4) is 0 Å². The highest BCUT2D eigenvalue weighted by Gasteiger charge is 2.61. The summed E-state index contributed by atoms with van der Waals surface area (Å²) in [5.74, 6) is -0.127. The summed E-state index contributed by atoms with van der Waals surface area (Å²) in [5.41, 5.74) is 2.24. The van der Waals surface area contributed by atoms with E-state index in [0.717, 1.165) is 19.4 Å². The normalized spacial score (nSPS) is 41.9. The van der Waals surface area contributed by atoms with Crippen LogP contribution in [0.25, 0.3) is 0 Å². The van der Waals surface area contributed by atoms with E-state index in [-0.39, 0.29) is 11.6 Å². The lowest BCUT2D eigenvalue weighted by atomic mass is 9.76. The van der Waals surface area contributed by atoms with Crippen LogP contribution in [0.2, 0.25) is 0 Å². The minimum atomic E-state index is -0.289. The number of piperidine rings is 1. The van der Waals surface area contributed by atoms with Crippen LogP contribution >= 0.6 is 0 Å². The molecule has 3 atom stereocenters. The number of nitrogens with zero attached hydrogens (tertiary/aromatic N) is 1. The molecule has 0 amide bonds. The van der Waals surface area contributed by atoms with Gasteiger partial charge in [0.05, 0.1) is 6.04 Å². The number of carbonyl (C=O) groups excluding carboxylic acids is 1. The summed E-state index contributed by atoms with van der Waals surface area (Å²) in [6.45, 7) is 3.34. The molecular weight excluding hydrogens is 226 g/mol. The Bertz CT molecular complexity index is 479. The molecule has 0 aromatic heterocycles. The van der Waals surface area contributed by atoms with E-state index in [4.69, 9.17) is 4.74 Å². The second kappa shape index (κ2) is 3.47. The molecule has 3 aliphatic heterocycles. The van der Waals surface area contributed by atoms with E-state index in [2.05, 4.69) is 17.9 Å². The van der Waals surface area contributed by atoms with Crippen LogP contribution in [0.3, 0.4) is 0 Å². The Balaban J connectivity index is 1.85. The molecule has 4 aliphatic rings. The first-order valence-corrected chi connectivity index (χ1v) is 7.16. The fraction of sp³-hybridized carbons (Fsp3) is 0.667. The average molecular weight is 245 g/mol. The van der Waals surface area contributed by atoms with E-state index < -0.39 is 0 Å². The summed E-state index contributed by atoms with van der Waals surface area (Å²) in [7, 11) is 0. The average Bonchev–Trinajstić information content (AvgIpc) is 2.86. The molecule has 0 saturated carbocycles. The summed E-state index contributed by atoms with van der Waals surface area (Å²) in [5, 5.41) is 0. The molecule has 1 spiro atoms. The van der Waals surface area contributed by atoms with Crippen molar-refractivity contribution in [2.45, 2.75) is 56.7 Å². The van der Waals surface area contributed by atoms with E-state index in [1.165, 1.54) is 30.4 Å². The standard InChI is InChI=1S/C15H19NO2/c1-2-10-7-11-9-15(12(10)8-14(17)18-15)13-5-3-4-6-16(11)13/h7-8,11,13H,2-6,9H2,1H3. The van der Waals surface area contributed by atoms with Gasteiger partial charge in [0.1, 0.15) is 0 Å². The zero-order chi connectivity index (χ0) is 12.3. The number of esters is 1. The maximum absolute atomic E-state index is 11.8. The molecule has 3 heterocycles. The number of hydrogen-bond donors (Lipinski definition) is 0. The first-order valence-electron chi connectivity index (χ1n) is 7.16. The van der Waals surface area contributed by atoms with Gasteiger partial charge >= 0.3 is 5.97 Å². The lowest BCUT2D eigenvalue weighted by molar-refractivity contribution is -0.148. The van der Waals surface area contributed by atoms with Gasteiger partial charge in [0.25, 0.3) is 0 Å². The minimum Gasteiger partial charge on any atom is -0.449 e. The van der Waals surface area contributed by atoms with Crippen molar-refractivity contribution in [2.24, 2.45) is 0 Å². The molecule has 2 fully saturated rings. The first-order chi connectivity index (χ1) is 8.74. The number of carbonyl (C=O) groups is 1. The van der Waals surface area contributed by atoms with Crippen LogP contribution in [0.1, 0.15) is 39.0 Å². The quantitative estimate of drug-likeness (QED) is 0.663. The van der Waals surface area contributed by atoms with Gasteiger partial charge in [0.2, 0.25) is 0 Å². The second-order valence-electron chi connectivity index (χ2n) is 5.93. The Morgan fingerprint density at radius 1 is 1.50 bits per heavy atom. The van der Waals surface area contributed by atoms with Gasteiger partial charge in [-0.3, -0.25) is 4.90 Å². The fourth-order valence-electron chi connectivity index (χ4n) is 4.47. The highest BCUT2D eigenvalue weighted by Crippen LogP contribution is 2.53. The van der Waals surface area contributed by atoms with Crippen LogP contribution in [0.5, 0.6) is 0 Å². The molecule has 0 N–H and O–H groups in total. The largest absolute Gasteiger partial charge is 0.449 e. The molecule has 3 unspecified atom stereocenters. The van der Waals surface area contributed by atoms with E-state index in [1.807, 2.05) is 0 Å². The molecule has 4 rings (SSSR count). The number of rotatable bonds is 1. The third-order valence-electron chi connectivity index (χ3n) is 5.14. The minimum absolute atomic E-state index is 0.127. The zero-order valence-electron chi connectivity index (χ0n) is 10.8. The number of ether oxygens (including phenoxy) is 1. The Kier molecular flexibility index (Phi) is 2.08. The van der Waals surface area contributed by atoms with Crippen LogP contribution in [-0.2, 0) is 9.53 Å². The van der Waals surface area contributed by atoms with Crippen LogP contribution < -0.4 is 0 Å². The monoisotopic (exact) mass is 245 g/mol. The lowest BCUT2D eigenvalue weighted by Crippen LogP contribution is -2.48. The van der Waals surface area contributed by atoms with Crippen molar-refractivity contribution in [2.75, 3.05) is 6.54 Å². The molecule has 0 radical (unpaired) electrons. The van der Waals surface area contributed by atoms with Gasteiger partial charge in [-0.2, -0.15) is 0 Å². The molecule has 1 aliphatic carbocycles. The Labute approximate surface area is 107 Å². The van der Waals surface area contributed by atoms with Crippen LogP contribution in [0.4, 0.5) is 0 Å². The van der Waals surface area contributed by atoms with Crippen LogP contribution in [0.15, 0.2) is 23.3 Å². The van der Waals surface area contributed by atoms with Crippen molar-refractivity contribution >= 4 is 5.97 Å². The molecule has 2 saturated heterocycles. The summed E-state index contributed by atoms with van der Waals surface area (Å²) < 4.78 is 5.83. The number of hydrogen-bond acceptors (Lipinski definition) is 3. The highest BCUT2D eigenvalue weighted by atomic mass is 16.6. The third-order valence-corrected chi connectivity index (χ3v) is 5.14. The topological polar surface area (TPSA) is 29.5 Å². The maximum atomic E-state index is 11.8. The van der Waals surface area contributed by atoms with Gasteiger partial charge in [-0.1, -0.05) is 19.4 Å². The molecule has 0 aromatic carbocycles. The SMILES string of the molecule is CCC1=CC2CC3(OC(=O)C=C13)C1CCCCN21. The van der Waals surface area contributed by atoms with Gasteiger partial charge < -0.3 is 4.74 Å². The van der Waals surface area contributed by atoms with E-state index in [1.54, 1.807) is 6.08 Å². The third kappa shape index (κ3) is 1.16. The number of fused-ring (bicyclic) bond motifs is 3. The zero-order valence-corrected chi connectivity index (χ0v) is 10.8. The predicted molar refractivity (Wildman–Crippen MR) is 68.0 cm³/mol. The highest BCUT2D eigenvalue weighted by molar-refractivity contribution is 5.89. The summed E-state index contributed by atoms with van der Waals surface area (Å²) in [6, 6.07) is 0.919. The molecular formula is C15H19NO2. The van der Waals surface area contributed by atoms with Crippen molar-refractivity contribution < 1.29 is 9.53 Å². The predicted octanol–water partition coefficient (Wildman–Crippen LogP) is 2.19. The van der Waals surface area contributed by atoms with Crippen molar-refractivity contribution in [1.82, 2.24) is 4.90 Å². The van der Waals surface area contributed by atoms with Gasteiger partial charge in [0.15, 0.2) is 5.60 Å². The molecule has 3 heteroatoms. The Morgan fingerprint density at radius 3 is 3.22 bits per heavy atom. The Hall–Kier alpha value is -1.09. The van der Waals surface area contributed by atoms with Gasteiger partial charge in [-0.05, 0) is 31.4 Å². The molecule has 18 heavy (non-hydrogen) atoms. The van der Waals surface area contributed by atoms with Crippen LogP contribution in [0, 0.1) is 0 Å². The van der Waals surface area contributed by atoms with E-state index >= 15 is 0 Å². The fourth-order valence-corrected chi connectivity index (χ4v) is 4.47. The van der Waals surface area contributed by atoms with Gasteiger partial charge in [-0.15, -0.1) is 0 Å². The molecule has 3 nitrogen and oxygen atoms in total. The summed E-state index contributed by atoms with van der Waals surface area (Å²) in [4.78, 5) is 14.4. The molecule has 96 valence electrons.